The lowest BCUT2D eigenvalue weighted by molar-refractivity contribution is -0.244. The molecule has 1 aliphatic rings. The molecule has 0 bridgehead atoms. The van der Waals surface area contributed by atoms with Crippen molar-refractivity contribution in [1.82, 2.24) is 5.32 Å². The molecule has 26 heavy (non-hydrogen) atoms. The molecule has 0 aromatic heterocycles. The van der Waals surface area contributed by atoms with Crippen LogP contribution in [0.1, 0.15) is 5.56 Å². The molecular formula is C20H25NO5. The molecule has 0 spiro atoms. The molecule has 1 aliphatic heterocycles. The summed E-state index contributed by atoms with van der Waals surface area (Å²) >= 11 is 0. The van der Waals surface area contributed by atoms with Gasteiger partial charge in [0.1, 0.15) is 24.1 Å². The minimum atomic E-state index is -1.19. The fraction of sp³-hybridized carbons (Fsp3) is 0.400. The SMILES string of the molecule is CNC1C(Oc2ccccc2-c2cccc(C)c2)OC(CO)C(O)C1O. The van der Waals surface area contributed by atoms with E-state index in [2.05, 4.69) is 11.4 Å². The molecule has 140 valence electrons. The third-order valence-corrected chi connectivity index (χ3v) is 4.67. The molecule has 6 heteroatoms. The zero-order chi connectivity index (χ0) is 18.7. The molecular weight excluding hydrogens is 334 g/mol. The van der Waals surface area contributed by atoms with Crippen molar-refractivity contribution in [2.75, 3.05) is 13.7 Å². The molecule has 4 N–H and O–H groups in total. The highest BCUT2D eigenvalue weighted by molar-refractivity contribution is 5.70. The number of aliphatic hydroxyl groups excluding tert-OH is 3. The first-order valence-corrected chi connectivity index (χ1v) is 8.67. The van der Waals surface area contributed by atoms with Crippen LogP contribution in [0.4, 0.5) is 0 Å². The highest BCUT2D eigenvalue weighted by Gasteiger charge is 2.45. The smallest absolute Gasteiger partial charge is 0.218 e. The van der Waals surface area contributed by atoms with Gasteiger partial charge >= 0.3 is 0 Å². The molecule has 0 saturated carbocycles. The summed E-state index contributed by atoms with van der Waals surface area (Å²) in [5, 5.41) is 32.7. The first-order valence-electron chi connectivity index (χ1n) is 8.67. The van der Waals surface area contributed by atoms with Crippen LogP contribution in [0, 0.1) is 6.92 Å². The van der Waals surface area contributed by atoms with Crippen molar-refractivity contribution in [2.45, 2.75) is 37.6 Å². The average Bonchev–Trinajstić information content (AvgIpc) is 2.65. The Hall–Kier alpha value is -1.96. The summed E-state index contributed by atoms with van der Waals surface area (Å²) in [5.74, 6) is 0.601. The topological polar surface area (TPSA) is 91.2 Å². The van der Waals surface area contributed by atoms with Crippen LogP contribution < -0.4 is 10.1 Å². The van der Waals surface area contributed by atoms with Gasteiger partial charge in [0.25, 0.3) is 0 Å². The Morgan fingerprint density at radius 2 is 1.85 bits per heavy atom. The van der Waals surface area contributed by atoms with Gasteiger partial charge in [-0.3, -0.25) is 0 Å². The number of aliphatic hydroxyl groups is 3. The van der Waals surface area contributed by atoms with E-state index in [1.54, 1.807) is 7.05 Å². The summed E-state index contributed by atoms with van der Waals surface area (Å²) in [5.41, 5.74) is 3.05. The van der Waals surface area contributed by atoms with Crippen LogP contribution in [0.2, 0.25) is 0 Å². The summed E-state index contributed by atoms with van der Waals surface area (Å²) in [4.78, 5) is 0. The van der Waals surface area contributed by atoms with E-state index in [-0.39, 0.29) is 0 Å². The standard InChI is InChI=1S/C20H25NO5/c1-12-6-5-7-13(10-12)14-8-3-4-9-15(14)25-20-17(21-2)19(24)18(23)16(11-22)26-20/h3-10,16-24H,11H2,1-2H3. The number of hydrogen-bond donors (Lipinski definition) is 4. The van der Waals surface area contributed by atoms with E-state index in [0.717, 1.165) is 16.7 Å². The zero-order valence-electron chi connectivity index (χ0n) is 14.9. The Morgan fingerprint density at radius 3 is 2.54 bits per heavy atom. The fourth-order valence-electron chi connectivity index (χ4n) is 3.24. The predicted octanol–water partition coefficient (Wildman–Crippen LogP) is 1.07. The summed E-state index contributed by atoms with van der Waals surface area (Å²) in [7, 11) is 1.66. The molecule has 5 atom stereocenters. The maximum Gasteiger partial charge on any atom is 0.218 e. The van der Waals surface area contributed by atoms with Gasteiger partial charge in [0, 0.05) is 5.56 Å². The Kier molecular flexibility index (Phi) is 5.90. The normalized spacial score (nSPS) is 28.7. The minimum absolute atomic E-state index is 0.409. The number of para-hydroxylation sites is 1. The van der Waals surface area contributed by atoms with Crippen LogP contribution in [-0.4, -0.2) is 59.6 Å². The molecule has 0 aliphatic carbocycles. The number of nitrogens with one attached hydrogen (secondary N) is 1. The van der Waals surface area contributed by atoms with Crippen LogP contribution >= 0.6 is 0 Å². The van der Waals surface area contributed by atoms with Crippen molar-refractivity contribution in [1.29, 1.82) is 0 Å². The van der Waals surface area contributed by atoms with E-state index in [0.29, 0.717) is 5.75 Å². The highest BCUT2D eigenvalue weighted by Crippen LogP contribution is 2.33. The maximum atomic E-state index is 10.3. The van der Waals surface area contributed by atoms with Crippen LogP contribution in [0.25, 0.3) is 11.1 Å². The van der Waals surface area contributed by atoms with E-state index in [9.17, 15) is 15.3 Å². The molecule has 2 aromatic carbocycles. The molecule has 1 saturated heterocycles. The third kappa shape index (κ3) is 3.75. The second-order valence-corrected chi connectivity index (χ2v) is 6.50. The number of benzene rings is 2. The number of rotatable bonds is 5. The lowest BCUT2D eigenvalue weighted by Crippen LogP contribution is -2.64. The van der Waals surface area contributed by atoms with E-state index >= 15 is 0 Å². The van der Waals surface area contributed by atoms with Gasteiger partial charge < -0.3 is 30.1 Å². The van der Waals surface area contributed by atoms with E-state index in [1.165, 1.54) is 0 Å². The Morgan fingerprint density at radius 1 is 1.08 bits per heavy atom. The largest absolute Gasteiger partial charge is 0.462 e. The average molecular weight is 359 g/mol. The molecule has 1 fully saturated rings. The van der Waals surface area contributed by atoms with Gasteiger partial charge in [-0.05, 0) is 25.6 Å². The molecule has 1 heterocycles. The molecule has 0 radical (unpaired) electrons. The highest BCUT2D eigenvalue weighted by atomic mass is 16.7. The summed E-state index contributed by atoms with van der Waals surface area (Å²) in [6, 6.07) is 15.0. The number of aryl methyl sites for hydroxylation is 1. The Balaban J connectivity index is 1.90. The minimum Gasteiger partial charge on any atom is -0.462 e. The second-order valence-electron chi connectivity index (χ2n) is 6.50. The lowest BCUT2D eigenvalue weighted by atomic mass is 9.97. The van der Waals surface area contributed by atoms with Gasteiger partial charge in [0.15, 0.2) is 0 Å². The number of likely N-dealkylation sites (N-methyl/N-ethyl adjacent to an activating group) is 1. The maximum absolute atomic E-state index is 10.3. The quantitative estimate of drug-likeness (QED) is 0.638. The predicted molar refractivity (Wildman–Crippen MR) is 97.9 cm³/mol. The number of hydrogen-bond acceptors (Lipinski definition) is 6. The van der Waals surface area contributed by atoms with Crippen molar-refractivity contribution in [3.05, 3.63) is 54.1 Å². The molecule has 3 rings (SSSR count). The summed E-state index contributed by atoms with van der Waals surface area (Å²) in [6.07, 6.45) is -4.08. The van der Waals surface area contributed by atoms with Crippen molar-refractivity contribution < 1.29 is 24.8 Å². The molecule has 5 unspecified atom stereocenters. The molecule has 0 amide bonds. The van der Waals surface area contributed by atoms with Crippen molar-refractivity contribution in [2.24, 2.45) is 0 Å². The first-order chi connectivity index (χ1) is 12.5. The van der Waals surface area contributed by atoms with Crippen LogP contribution in [0.5, 0.6) is 5.75 Å². The van der Waals surface area contributed by atoms with Crippen molar-refractivity contribution >= 4 is 0 Å². The van der Waals surface area contributed by atoms with E-state index in [4.69, 9.17) is 9.47 Å². The Bertz CT molecular complexity index is 738. The van der Waals surface area contributed by atoms with Gasteiger partial charge in [-0.2, -0.15) is 0 Å². The Labute approximate surface area is 153 Å². The van der Waals surface area contributed by atoms with E-state index < -0.39 is 37.3 Å². The van der Waals surface area contributed by atoms with E-state index in [1.807, 2.05) is 49.4 Å². The first kappa shape index (κ1) is 18.8. The zero-order valence-corrected chi connectivity index (χ0v) is 14.9. The summed E-state index contributed by atoms with van der Waals surface area (Å²) in [6.45, 7) is 1.62. The van der Waals surface area contributed by atoms with Gasteiger partial charge in [-0.25, -0.2) is 0 Å². The molecule has 6 nitrogen and oxygen atoms in total. The van der Waals surface area contributed by atoms with Gasteiger partial charge in [0.05, 0.1) is 12.6 Å². The van der Waals surface area contributed by atoms with Crippen LogP contribution in [0.3, 0.4) is 0 Å². The van der Waals surface area contributed by atoms with Crippen LogP contribution in [-0.2, 0) is 4.74 Å². The number of ether oxygens (including phenoxy) is 2. The summed E-state index contributed by atoms with van der Waals surface area (Å²) < 4.78 is 11.8. The van der Waals surface area contributed by atoms with Gasteiger partial charge in [0.2, 0.25) is 6.29 Å². The van der Waals surface area contributed by atoms with Gasteiger partial charge in [-0.1, -0.05) is 48.0 Å². The van der Waals surface area contributed by atoms with Crippen molar-refractivity contribution in [3.8, 4) is 16.9 Å². The lowest BCUT2D eigenvalue weighted by Gasteiger charge is -2.42. The molecule has 2 aromatic rings. The van der Waals surface area contributed by atoms with Crippen LogP contribution in [0.15, 0.2) is 48.5 Å². The second kappa shape index (κ2) is 8.16. The third-order valence-electron chi connectivity index (χ3n) is 4.67. The van der Waals surface area contributed by atoms with Crippen molar-refractivity contribution in [3.63, 3.8) is 0 Å². The fourth-order valence-corrected chi connectivity index (χ4v) is 3.24. The monoisotopic (exact) mass is 359 g/mol. The van der Waals surface area contributed by atoms with Gasteiger partial charge in [-0.15, -0.1) is 0 Å².